The van der Waals surface area contributed by atoms with Gasteiger partial charge in [0.1, 0.15) is 0 Å². The fourth-order valence-corrected chi connectivity index (χ4v) is 1.70. The van der Waals surface area contributed by atoms with Crippen LogP contribution in [0.3, 0.4) is 0 Å². The summed E-state index contributed by atoms with van der Waals surface area (Å²) in [5, 5.41) is 8.55. The summed E-state index contributed by atoms with van der Waals surface area (Å²) in [6, 6.07) is 0. The minimum Gasteiger partial charge on any atom is -0.396 e. The van der Waals surface area contributed by atoms with Gasteiger partial charge in [0, 0.05) is 6.61 Å². The van der Waals surface area contributed by atoms with Crippen LogP contribution in [0.5, 0.6) is 0 Å². The second-order valence-corrected chi connectivity index (χ2v) is 4.14. The predicted molar refractivity (Wildman–Crippen MR) is 72.1 cm³/mol. The second-order valence-electron chi connectivity index (χ2n) is 4.14. The van der Waals surface area contributed by atoms with Gasteiger partial charge in [0.2, 0.25) is 0 Å². The minimum atomic E-state index is 0. The number of hydrogen-bond donors (Lipinski definition) is 1. The molecule has 18 heavy (non-hydrogen) atoms. The Hall–Kier alpha value is 0.479. The van der Waals surface area contributed by atoms with Gasteiger partial charge in [-0.15, -0.1) is 0 Å². The van der Waals surface area contributed by atoms with Crippen molar-refractivity contribution in [1.29, 1.82) is 0 Å². The SMILES string of the molecule is OCCCCCC[C]1[CH][CH][CH][CH]1.[CH]1[CH][CH][CH][CH]1.[Fe+2]. The van der Waals surface area contributed by atoms with E-state index in [0.29, 0.717) is 6.61 Å². The molecule has 2 rings (SSSR count). The van der Waals surface area contributed by atoms with E-state index >= 15 is 0 Å². The van der Waals surface area contributed by atoms with Gasteiger partial charge in [-0.2, -0.15) is 0 Å². The molecule has 2 fully saturated rings. The van der Waals surface area contributed by atoms with E-state index in [-0.39, 0.29) is 17.1 Å². The number of hydrogen-bond acceptors (Lipinski definition) is 1. The van der Waals surface area contributed by atoms with Crippen molar-refractivity contribution < 1.29 is 22.2 Å². The fraction of sp³-hybridized carbons (Fsp3) is 0.375. The second kappa shape index (κ2) is 13.9. The Labute approximate surface area is 125 Å². The standard InChI is InChI=1S/C11H17O.C5H5.Fe/c12-10-6-2-1-3-7-11-8-4-5-9-11;1-2-4-5-3-1;/h4-5,8-9,12H,1-3,6-7,10H2;1-5H;/q;;+2. The normalized spacial score (nSPS) is 19.2. The summed E-state index contributed by atoms with van der Waals surface area (Å²) in [6.45, 7) is 0.344. The Morgan fingerprint density at radius 1 is 0.667 bits per heavy atom. The number of aliphatic hydroxyl groups excluding tert-OH is 1. The summed E-state index contributed by atoms with van der Waals surface area (Å²) in [6.07, 6.45) is 24.3. The van der Waals surface area contributed by atoms with Gasteiger partial charge in [0.05, 0.1) is 0 Å². The van der Waals surface area contributed by atoms with Gasteiger partial charge in [-0.05, 0) is 76.5 Å². The molecule has 0 bridgehead atoms. The molecule has 1 N–H and O–H groups in total. The number of rotatable bonds is 6. The van der Waals surface area contributed by atoms with Gasteiger partial charge >= 0.3 is 17.1 Å². The van der Waals surface area contributed by atoms with Gasteiger partial charge in [0.15, 0.2) is 0 Å². The molecular formula is C16H22FeO+2. The van der Waals surface area contributed by atoms with Crippen molar-refractivity contribution in [3.63, 3.8) is 0 Å². The summed E-state index contributed by atoms with van der Waals surface area (Å²) in [7, 11) is 0. The van der Waals surface area contributed by atoms with Crippen LogP contribution in [0.4, 0.5) is 0 Å². The summed E-state index contributed by atoms with van der Waals surface area (Å²) >= 11 is 0. The van der Waals surface area contributed by atoms with Gasteiger partial charge in [-0.3, -0.25) is 0 Å². The molecule has 0 saturated heterocycles. The molecule has 1 nitrogen and oxygen atoms in total. The van der Waals surface area contributed by atoms with Crippen LogP contribution >= 0.6 is 0 Å². The average Bonchev–Trinajstić information content (AvgIpc) is 3.05. The molecule has 0 spiro atoms. The van der Waals surface area contributed by atoms with Crippen LogP contribution in [0, 0.1) is 63.7 Å². The molecule has 2 aliphatic carbocycles. The van der Waals surface area contributed by atoms with E-state index in [1.54, 1.807) is 0 Å². The molecule has 0 atom stereocenters. The summed E-state index contributed by atoms with van der Waals surface area (Å²) in [5.41, 5.74) is 0. The maximum absolute atomic E-state index is 8.55. The molecule has 0 amide bonds. The molecule has 10 radical (unpaired) electrons. The maximum Gasteiger partial charge on any atom is 2.00 e. The molecular weight excluding hydrogens is 264 g/mol. The van der Waals surface area contributed by atoms with Crippen molar-refractivity contribution in [3.8, 4) is 0 Å². The molecule has 98 valence electrons. The zero-order valence-electron chi connectivity index (χ0n) is 10.7. The van der Waals surface area contributed by atoms with E-state index in [1.807, 2.05) is 32.1 Å². The molecule has 0 aromatic carbocycles. The molecule has 0 unspecified atom stereocenters. The van der Waals surface area contributed by atoms with Crippen LogP contribution in [0.15, 0.2) is 0 Å². The Kier molecular flexibility index (Phi) is 14.3. The van der Waals surface area contributed by atoms with Crippen LogP contribution in [-0.4, -0.2) is 11.7 Å². The summed E-state index contributed by atoms with van der Waals surface area (Å²) < 4.78 is 0. The fourth-order valence-electron chi connectivity index (χ4n) is 1.70. The van der Waals surface area contributed by atoms with Crippen molar-refractivity contribution in [1.82, 2.24) is 0 Å². The van der Waals surface area contributed by atoms with Crippen molar-refractivity contribution in [3.05, 3.63) is 63.7 Å². The first-order valence-corrected chi connectivity index (χ1v) is 6.41. The molecule has 0 aliphatic heterocycles. The first kappa shape index (κ1) is 18.5. The third-order valence-corrected chi connectivity index (χ3v) is 2.66. The van der Waals surface area contributed by atoms with Crippen LogP contribution < -0.4 is 0 Å². The molecule has 2 heteroatoms. The Balaban J connectivity index is 0.000000405. The third-order valence-electron chi connectivity index (χ3n) is 2.66. The van der Waals surface area contributed by atoms with Crippen molar-refractivity contribution >= 4 is 0 Å². The van der Waals surface area contributed by atoms with Gasteiger partial charge in [-0.25, -0.2) is 0 Å². The van der Waals surface area contributed by atoms with Crippen LogP contribution in [0.25, 0.3) is 0 Å². The third kappa shape index (κ3) is 10.4. The topological polar surface area (TPSA) is 20.2 Å². The first-order chi connectivity index (χ1) is 8.43. The first-order valence-electron chi connectivity index (χ1n) is 6.41. The Morgan fingerprint density at radius 2 is 1.17 bits per heavy atom. The molecule has 2 aliphatic rings. The molecule has 0 heterocycles. The minimum absolute atomic E-state index is 0. The zero-order valence-corrected chi connectivity index (χ0v) is 11.8. The molecule has 0 aromatic heterocycles. The summed E-state index contributed by atoms with van der Waals surface area (Å²) in [5.74, 6) is 1.44. The van der Waals surface area contributed by atoms with Gasteiger partial charge < -0.3 is 5.11 Å². The van der Waals surface area contributed by atoms with E-state index in [4.69, 9.17) is 5.11 Å². The average molecular weight is 286 g/mol. The number of unbranched alkanes of at least 4 members (excludes halogenated alkanes) is 3. The van der Waals surface area contributed by atoms with E-state index in [1.165, 1.54) is 25.2 Å². The van der Waals surface area contributed by atoms with Crippen LogP contribution in [0.1, 0.15) is 32.1 Å². The monoisotopic (exact) mass is 286 g/mol. The van der Waals surface area contributed by atoms with Gasteiger partial charge in [0.25, 0.3) is 0 Å². The van der Waals surface area contributed by atoms with Crippen molar-refractivity contribution in [2.45, 2.75) is 32.1 Å². The molecule has 0 aromatic rings. The predicted octanol–water partition coefficient (Wildman–Crippen LogP) is 3.35. The Bertz CT molecular complexity index is 144. The smallest absolute Gasteiger partial charge is 0.396 e. The van der Waals surface area contributed by atoms with Crippen molar-refractivity contribution in [2.24, 2.45) is 0 Å². The van der Waals surface area contributed by atoms with E-state index in [0.717, 1.165) is 12.8 Å². The van der Waals surface area contributed by atoms with Gasteiger partial charge in [-0.1, -0.05) is 19.3 Å². The van der Waals surface area contributed by atoms with Crippen molar-refractivity contribution in [2.75, 3.05) is 6.61 Å². The van der Waals surface area contributed by atoms with E-state index in [2.05, 4.69) is 25.7 Å². The maximum atomic E-state index is 8.55. The van der Waals surface area contributed by atoms with Crippen LogP contribution in [0.2, 0.25) is 0 Å². The van der Waals surface area contributed by atoms with E-state index < -0.39 is 0 Å². The van der Waals surface area contributed by atoms with E-state index in [9.17, 15) is 0 Å². The molecule has 2 saturated carbocycles. The zero-order chi connectivity index (χ0) is 12.2. The number of aliphatic hydroxyl groups is 1. The summed E-state index contributed by atoms with van der Waals surface area (Å²) in [4.78, 5) is 0. The largest absolute Gasteiger partial charge is 2.00 e. The Morgan fingerprint density at radius 3 is 1.67 bits per heavy atom. The quantitative estimate of drug-likeness (QED) is 0.586. The van der Waals surface area contributed by atoms with Crippen LogP contribution in [-0.2, 0) is 17.1 Å².